The van der Waals surface area contributed by atoms with Crippen LogP contribution in [0.2, 0.25) is 10.0 Å². The molecule has 0 saturated heterocycles. The third-order valence-corrected chi connectivity index (χ3v) is 7.28. The van der Waals surface area contributed by atoms with Crippen molar-refractivity contribution in [1.82, 2.24) is 10.2 Å². The third kappa shape index (κ3) is 9.16. The summed E-state index contributed by atoms with van der Waals surface area (Å²) in [6.07, 6.45) is 1.39. The number of carbonyl (C=O) groups excluding carboxylic acids is 2. The lowest BCUT2D eigenvalue weighted by atomic mass is 10.0. The van der Waals surface area contributed by atoms with E-state index in [2.05, 4.69) is 5.32 Å². The van der Waals surface area contributed by atoms with Gasteiger partial charge in [-0.3, -0.25) is 13.9 Å². The summed E-state index contributed by atoms with van der Waals surface area (Å²) in [5, 5.41) is 3.72. The first kappa shape index (κ1) is 30.9. The predicted octanol–water partition coefficient (Wildman–Crippen LogP) is 5.40. The molecule has 0 saturated carbocycles. The minimum atomic E-state index is -3.80. The molecule has 0 bridgehead atoms. The van der Waals surface area contributed by atoms with E-state index in [1.54, 1.807) is 31.2 Å². The molecule has 204 valence electrons. The number of para-hydroxylation sites is 1. The molecule has 2 aromatic rings. The first-order valence-electron chi connectivity index (χ1n) is 11.9. The summed E-state index contributed by atoms with van der Waals surface area (Å²) in [5.41, 5.74) is 0.0242. The van der Waals surface area contributed by atoms with E-state index < -0.39 is 27.4 Å². The van der Waals surface area contributed by atoms with Gasteiger partial charge in [0.25, 0.3) is 0 Å². The van der Waals surface area contributed by atoms with Crippen molar-refractivity contribution in [3.05, 3.63) is 63.9 Å². The van der Waals surface area contributed by atoms with Gasteiger partial charge < -0.3 is 10.2 Å². The number of nitrogens with zero attached hydrogens (tertiary/aromatic N) is 2. The van der Waals surface area contributed by atoms with Gasteiger partial charge in [-0.25, -0.2) is 12.8 Å². The lowest BCUT2D eigenvalue weighted by Gasteiger charge is -2.33. The van der Waals surface area contributed by atoms with Crippen molar-refractivity contribution in [1.29, 1.82) is 0 Å². The van der Waals surface area contributed by atoms with E-state index in [9.17, 15) is 22.4 Å². The summed E-state index contributed by atoms with van der Waals surface area (Å²) in [5.74, 6) is -1.34. The van der Waals surface area contributed by atoms with Gasteiger partial charge in [-0.2, -0.15) is 0 Å². The lowest BCUT2D eigenvalue weighted by Crippen LogP contribution is -2.53. The number of rotatable bonds is 11. The highest BCUT2D eigenvalue weighted by Crippen LogP contribution is 2.25. The first-order valence-corrected chi connectivity index (χ1v) is 14.5. The number of carbonyl (C=O) groups is 2. The molecule has 1 atom stereocenters. The van der Waals surface area contributed by atoms with Gasteiger partial charge in [0.2, 0.25) is 21.8 Å². The number of benzene rings is 2. The standard InChI is InChI=1S/C26H34Cl2FN3O4S/c1-6-22(25(34)30-26(2,3)4)31(17-18-13-14-19(27)16-20(18)28)24(33)12-9-15-32(37(5,35)36)23-11-8-7-10-21(23)29/h7-8,10-11,13-14,16,22H,6,9,12,15,17H2,1-5H3,(H,30,34). The quantitative estimate of drug-likeness (QED) is 0.390. The number of anilines is 1. The van der Waals surface area contributed by atoms with Gasteiger partial charge in [-0.05, 0) is 63.4 Å². The zero-order chi connectivity index (χ0) is 28.0. The second-order valence-corrected chi connectivity index (χ2v) is 12.6. The van der Waals surface area contributed by atoms with Crippen LogP contribution in [0.1, 0.15) is 52.5 Å². The molecule has 37 heavy (non-hydrogen) atoms. The fourth-order valence-electron chi connectivity index (χ4n) is 3.84. The van der Waals surface area contributed by atoms with E-state index in [-0.39, 0.29) is 43.4 Å². The molecule has 0 aromatic heterocycles. The molecule has 0 spiro atoms. The van der Waals surface area contributed by atoms with E-state index in [0.29, 0.717) is 22.0 Å². The van der Waals surface area contributed by atoms with Crippen LogP contribution in [-0.4, -0.2) is 49.5 Å². The largest absolute Gasteiger partial charge is 0.350 e. The number of hydrogen-bond acceptors (Lipinski definition) is 4. The molecule has 0 aliphatic rings. The molecule has 0 aliphatic carbocycles. The Hall–Kier alpha value is -2.36. The van der Waals surface area contributed by atoms with Crippen LogP contribution < -0.4 is 9.62 Å². The number of hydrogen-bond donors (Lipinski definition) is 1. The average Bonchev–Trinajstić information content (AvgIpc) is 2.76. The van der Waals surface area contributed by atoms with Gasteiger partial charge >= 0.3 is 0 Å². The monoisotopic (exact) mass is 573 g/mol. The van der Waals surface area contributed by atoms with Crippen molar-refractivity contribution in [2.45, 2.75) is 65.1 Å². The fourth-order valence-corrected chi connectivity index (χ4v) is 5.28. The molecule has 0 heterocycles. The van der Waals surface area contributed by atoms with Crippen molar-refractivity contribution in [3.8, 4) is 0 Å². The van der Waals surface area contributed by atoms with Gasteiger partial charge in [0.15, 0.2) is 0 Å². The Morgan fingerprint density at radius 3 is 2.30 bits per heavy atom. The molecule has 7 nitrogen and oxygen atoms in total. The number of nitrogens with one attached hydrogen (secondary N) is 1. The maximum Gasteiger partial charge on any atom is 0.243 e. The van der Waals surface area contributed by atoms with Crippen LogP contribution in [0.25, 0.3) is 0 Å². The normalized spacial score (nSPS) is 12.6. The van der Waals surface area contributed by atoms with Crippen LogP contribution in [0.5, 0.6) is 0 Å². The lowest BCUT2D eigenvalue weighted by molar-refractivity contribution is -0.142. The minimum Gasteiger partial charge on any atom is -0.350 e. The van der Waals surface area contributed by atoms with E-state index in [0.717, 1.165) is 10.6 Å². The summed E-state index contributed by atoms with van der Waals surface area (Å²) in [7, 11) is -3.80. The molecule has 1 unspecified atom stereocenters. The summed E-state index contributed by atoms with van der Waals surface area (Å²) in [6.45, 7) is 7.31. The van der Waals surface area contributed by atoms with E-state index in [4.69, 9.17) is 23.2 Å². The van der Waals surface area contributed by atoms with Crippen molar-refractivity contribution >= 4 is 50.7 Å². The van der Waals surface area contributed by atoms with E-state index in [1.165, 1.54) is 23.1 Å². The SMILES string of the molecule is CCC(C(=O)NC(C)(C)C)N(Cc1ccc(Cl)cc1Cl)C(=O)CCCN(c1ccccc1F)S(C)(=O)=O. The van der Waals surface area contributed by atoms with E-state index in [1.807, 2.05) is 20.8 Å². The van der Waals surface area contributed by atoms with Crippen LogP contribution in [0.4, 0.5) is 10.1 Å². The fraction of sp³-hybridized carbons (Fsp3) is 0.462. The summed E-state index contributed by atoms with van der Waals surface area (Å²) in [6, 6.07) is 9.69. The van der Waals surface area contributed by atoms with Gasteiger partial charge in [0, 0.05) is 35.1 Å². The predicted molar refractivity (Wildman–Crippen MR) is 147 cm³/mol. The minimum absolute atomic E-state index is 0.0635. The summed E-state index contributed by atoms with van der Waals surface area (Å²) < 4.78 is 40.0. The topological polar surface area (TPSA) is 86.8 Å². The molecule has 2 rings (SSSR count). The Morgan fingerprint density at radius 2 is 1.76 bits per heavy atom. The molecule has 0 radical (unpaired) electrons. The smallest absolute Gasteiger partial charge is 0.243 e. The zero-order valence-corrected chi connectivity index (χ0v) is 24.1. The van der Waals surface area contributed by atoms with Crippen LogP contribution in [0.15, 0.2) is 42.5 Å². The zero-order valence-electron chi connectivity index (χ0n) is 21.7. The number of amides is 2. The van der Waals surface area contributed by atoms with Crippen molar-refractivity contribution in [2.75, 3.05) is 17.1 Å². The second kappa shape index (κ2) is 12.9. The molecule has 2 amide bonds. The third-order valence-electron chi connectivity index (χ3n) is 5.51. The van der Waals surface area contributed by atoms with Gasteiger partial charge in [0.1, 0.15) is 11.9 Å². The van der Waals surface area contributed by atoms with Gasteiger partial charge in [0.05, 0.1) is 11.9 Å². The molecule has 11 heteroatoms. The van der Waals surface area contributed by atoms with Crippen molar-refractivity contribution in [2.24, 2.45) is 0 Å². The molecular weight excluding hydrogens is 540 g/mol. The van der Waals surface area contributed by atoms with Crippen LogP contribution in [0, 0.1) is 5.82 Å². The van der Waals surface area contributed by atoms with Crippen molar-refractivity contribution in [3.63, 3.8) is 0 Å². The second-order valence-electron chi connectivity index (χ2n) is 9.81. The highest BCUT2D eigenvalue weighted by molar-refractivity contribution is 7.92. The maximum absolute atomic E-state index is 14.3. The van der Waals surface area contributed by atoms with Crippen LogP contribution in [0.3, 0.4) is 0 Å². The van der Waals surface area contributed by atoms with Gasteiger partial charge in [-0.15, -0.1) is 0 Å². The molecule has 1 N–H and O–H groups in total. The first-order chi connectivity index (χ1) is 17.1. The maximum atomic E-state index is 14.3. The molecule has 0 aliphatic heterocycles. The Balaban J connectivity index is 2.29. The summed E-state index contributed by atoms with van der Waals surface area (Å²) >= 11 is 12.4. The highest BCUT2D eigenvalue weighted by Gasteiger charge is 2.31. The van der Waals surface area contributed by atoms with Gasteiger partial charge in [-0.1, -0.05) is 48.3 Å². The highest BCUT2D eigenvalue weighted by atomic mass is 35.5. The van der Waals surface area contributed by atoms with Crippen LogP contribution in [-0.2, 0) is 26.2 Å². The number of halogens is 3. The average molecular weight is 575 g/mol. The van der Waals surface area contributed by atoms with Crippen LogP contribution >= 0.6 is 23.2 Å². The summed E-state index contributed by atoms with van der Waals surface area (Å²) in [4.78, 5) is 28.0. The Kier molecular flexibility index (Phi) is 10.8. The Labute approximate surface area is 229 Å². The molecular formula is C26H34Cl2FN3O4S. The number of sulfonamides is 1. The molecule has 0 fully saturated rings. The Morgan fingerprint density at radius 1 is 1.11 bits per heavy atom. The Bertz CT molecular complexity index is 1220. The van der Waals surface area contributed by atoms with Crippen molar-refractivity contribution < 1.29 is 22.4 Å². The van der Waals surface area contributed by atoms with E-state index >= 15 is 0 Å². The molecule has 2 aromatic carbocycles.